The second-order valence-electron chi connectivity index (χ2n) is 12.0. The zero-order valence-electron chi connectivity index (χ0n) is 22.4. The minimum Gasteiger partial charge on any atom is -0.487 e. The maximum absolute atomic E-state index is 12.8. The molecule has 206 valence electrons. The average molecular weight is 609 g/mol. The van der Waals surface area contributed by atoms with Crippen LogP contribution in [0.4, 0.5) is 10.6 Å². The average Bonchev–Trinajstić information content (AvgIpc) is 3.57. The number of fused-ring (bicyclic) bond motifs is 3. The van der Waals surface area contributed by atoms with Gasteiger partial charge in [0.25, 0.3) is 0 Å². The summed E-state index contributed by atoms with van der Waals surface area (Å²) in [7, 11) is 2.13. The predicted molar refractivity (Wildman–Crippen MR) is 150 cm³/mol. The first-order valence-electron chi connectivity index (χ1n) is 13.5. The van der Waals surface area contributed by atoms with Crippen LogP contribution in [0.15, 0.2) is 10.5 Å². The Balaban J connectivity index is 1.33. The number of hydrogen-bond acceptors (Lipinski definition) is 8. The normalized spacial score (nSPS) is 25.5. The lowest BCUT2D eigenvalue weighted by atomic mass is 9.88. The molecule has 1 aliphatic carbocycles. The highest BCUT2D eigenvalue weighted by atomic mass is 79.9. The summed E-state index contributed by atoms with van der Waals surface area (Å²) in [5.41, 5.74) is 0.168. The summed E-state index contributed by atoms with van der Waals surface area (Å²) in [6, 6.07) is 2.72. The topological polar surface area (TPSA) is 80.3 Å². The van der Waals surface area contributed by atoms with Gasteiger partial charge in [0.15, 0.2) is 5.75 Å². The van der Waals surface area contributed by atoms with Crippen LogP contribution in [-0.4, -0.2) is 89.0 Å². The van der Waals surface area contributed by atoms with Crippen molar-refractivity contribution in [3.63, 3.8) is 0 Å². The SMILES string of the molecule is CN1CCCC1COc1nc(N2CC3CC(C2)N3C(=O)OC(C)(C)C)c2cc(Cl)c(Br)c(OC3CC3)c2n1. The van der Waals surface area contributed by atoms with Gasteiger partial charge in [-0.3, -0.25) is 4.90 Å². The number of carbonyl (C=O) groups is 1. The molecule has 5 aliphatic rings. The van der Waals surface area contributed by atoms with E-state index in [9.17, 15) is 4.79 Å². The molecule has 4 aliphatic heterocycles. The van der Waals surface area contributed by atoms with Crippen LogP contribution in [-0.2, 0) is 4.74 Å². The van der Waals surface area contributed by atoms with Gasteiger partial charge in [0.1, 0.15) is 23.5 Å². The molecule has 5 fully saturated rings. The van der Waals surface area contributed by atoms with Crippen molar-refractivity contribution in [2.45, 2.75) is 82.7 Å². The van der Waals surface area contributed by atoms with Crippen molar-refractivity contribution in [3.8, 4) is 11.8 Å². The molecule has 38 heavy (non-hydrogen) atoms. The van der Waals surface area contributed by atoms with E-state index in [4.69, 9.17) is 35.8 Å². The summed E-state index contributed by atoms with van der Waals surface area (Å²) in [6.07, 6.45) is 5.19. The van der Waals surface area contributed by atoms with Crippen LogP contribution in [0.25, 0.3) is 10.9 Å². The number of likely N-dealkylation sites (N-methyl/N-ethyl adjacent to an activating group) is 1. The van der Waals surface area contributed by atoms with Gasteiger partial charge in [-0.1, -0.05) is 11.6 Å². The van der Waals surface area contributed by atoms with Crippen LogP contribution < -0.4 is 14.4 Å². The van der Waals surface area contributed by atoms with Gasteiger partial charge in [0.2, 0.25) is 0 Å². The van der Waals surface area contributed by atoms with E-state index in [1.54, 1.807) is 0 Å². The molecule has 1 aromatic heterocycles. The maximum atomic E-state index is 12.8. The zero-order chi connectivity index (χ0) is 26.8. The van der Waals surface area contributed by atoms with Crippen molar-refractivity contribution in [2.75, 3.05) is 38.2 Å². The molecule has 1 aromatic carbocycles. The molecule has 3 unspecified atom stereocenters. The van der Waals surface area contributed by atoms with E-state index in [2.05, 4.69) is 32.8 Å². The fourth-order valence-corrected chi connectivity index (χ4v) is 6.26. The Morgan fingerprint density at radius 2 is 1.92 bits per heavy atom. The molecule has 0 radical (unpaired) electrons. The Hall–Kier alpha value is -2.04. The number of aromatic nitrogens is 2. The molecule has 3 atom stereocenters. The minimum absolute atomic E-state index is 0.0678. The largest absolute Gasteiger partial charge is 0.487 e. The summed E-state index contributed by atoms with van der Waals surface area (Å²) in [5, 5.41) is 1.38. The molecule has 2 bridgehead atoms. The van der Waals surface area contributed by atoms with E-state index in [1.807, 2.05) is 31.7 Å². The Labute approximate surface area is 236 Å². The second-order valence-corrected chi connectivity index (χ2v) is 13.2. The Morgan fingerprint density at radius 3 is 2.55 bits per heavy atom. The van der Waals surface area contributed by atoms with Crippen molar-refractivity contribution in [1.29, 1.82) is 0 Å². The molecular formula is C27H35BrClN5O4. The monoisotopic (exact) mass is 607 g/mol. The van der Waals surface area contributed by atoms with Crippen LogP contribution in [0.1, 0.15) is 52.9 Å². The zero-order valence-corrected chi connectivity index (χ0v) is 24.7. The van der Waals surface area contributed by atoms with Crippen LogP contribution in [0, 0.1) is 0 Å². The van der Waals surface area contributed by atoms with Crippen molar-refractivity contribution in [2.24, 2.45) is 0 Å². The van der Waals surface area contributed by atoms with Gasteiger partial charge in [0, 0.05) is 24.5 Å². The molecule has 1 saturated carbocycles. The van der Waals surface area contributed by atoms with Gasteiger partial charge in [-0.05, 0) is 88.5 Å². The number of halogens is 2. The van der Waals surface area contributed by atoms with E-state index < -0.39 is 5.60 Å². The molecule has 11 heteroatoms. The van der Waals surface area contributed by atoms with Gasteiger partial charge in [-0.2, -0.15) is 9.97 Å². The van der Waals surface area contributed by atoms with E-state index in [1.165, 1.54) is 6.42 Å². The van der Waals surface area contributed by atoms with Crippen LogP contribution in [0.5, 0.6) is 11.8 Å². The highest BCUT2D eigenvalue weighted by Gasteiger charge is 2.49. The molecule has 0 spiro atoms. The van der Waals surface area contributed by atoms with Crippen LogP contribution in [0.2, 0.25) is 5.02 Å². The number of carbonyl (C=O) groups excluding carboxylic acids is 1. The first-order valence-corrected chi connectivity index (χ1v) is 14.7. The van der Waals surface area contributed by atoms with Crippen LogP contribution in [0.3, 0.4) is 0 Å². The predicted octanol–water partition coefficient (Wildman–Crippen LogP) is 5.26. The van der Waals surface area contributed by atoms with Crippen molar-refractivity contribution >= 4 is 50.3 Å². The number of rotatable bonds is 6. The molecule has 5 heterocycles. The number of nitrogens with zero attached hydrogens (tertiary/aromatic N) is 5. The number of piperidine rings is 1. The number of piperazine rings is 1. The molecule has 7 rings (SSSR count). The third-order valence-corrected chi connectivity index (χ3v) is 9.10. The number of likely N-dealkylation sites (tertiary alicyclic amines) is 1. The summed E-state index contributed by atoms with van der Waals surface area (Å²) in [6.45, 7) is 8.61. The molecule has 2 aromatic rings. The first kappa shape index (κ1) is 26.2. The highest BCUT2D eigenvalue weighted by molar-refractivity contribution is 9.10. The third-order valence-electron chi connectivity index (χ3n) is 7.78. The Kier molecular flexibility index (Phi) is 6.79. The van der Waals surface area contributed by atoms with Gasteiger partial charge < -0.3 is 24.0 Å². The molecule has 0 N–H and O–H groups in total. The summed E-state index contributed by atoms with van der Waals surface area (Å²) in [4.78, 5) is 29.0. The van der Waals surface area contributed by atoms with Gasteiger partial charge >= 0.3 is 12.1 Å². The summed E-state index contributed by atoms with van der Waals surface area (Å²) in [5.74, 6) is 1.40. The van der Waals surface area contributed by atoms with Crippen molar-refractivity contribution in [1.82, 2.24) is 19.8 Å². The Bertz CT molecular complexity index is 1240. The smallest absolute Gasteiger partial charge is 0.410 e. The van der Waals surface area contributed by atoms with Crippen LogP contribution >= 0.6 is 27.5 Å². The molecule has 4 saturated heterocycles. The Morgan fingerprint density at radius 1 is 1.18 bits per heavy atom. The third kappa shape index (κ3) is 5.11. The van der Waals surface area contributed by atoms with E-state index in [-0.39, 0.29) is 24.3 Å². The second kappa shape index (κ2) is 9.86. The summed E-state index contributed by atoms with van der Waals surface area (Å²) < 4.78 is 18.9. The lowest BCUT2D eigenvalue weighted by molar-refractivity contribution is -0.0380. The fourth-order valence-electron chi connectivity index (χ4n) is 5.67. The lowest BCUT2D eigenvalue weighted by Gasteiger charge is -2.56. The number of ether oxygens (including phenoxy) is 3. The quantitative estimate of drug-likeness (QED) is 0.440. The molecule has 1 amide bonds. The number of benzene rings is 1. The maximum Gasteiger partial charge on any atom is 0.410 e. The number of anilines is 1. The standard InChI is InChI=1S/C27H35BrClN5O4/c1-27(2,3)38-26(35)34-16-10-17(34)13-33(12-16)24-19-11-20(29)21(28)23(37-18-7-8-18)22(19)30-25(31-24)36-14-15-6-5-9-32(15)4/h11,15-18H,5-10,12-14H2,1-4H3. The highest BCUT2D eigenvalue weighted by Crippen LogP contribution is 2.45. The summed E-state index contributed by atoms with van der Waals surface area (Å²) >= 11 is 10.3. The molecular weight excluding hydrogens is 574 g/mol. The van der Waals surface area contributed by atoms with E-state index in [0.717, 1.165) is 43.4 Å². The first-order chi connectivity index (χ1) is 18.1. The minimum atomic E-state index is -0.523. The van der Waals surface area contributed by atoms with Crippen molar-refractivity contribution in [3.05, 3.63) is 15.6 Å². The van der Waals surface area contributed by atoms with Gasteiger partial charge in [0.05, 0.1) is 27.7 Å². The number of hydrogen-bond donors (Lipinski definition) is 0. The van der Waals surface area contributed by atoms with Gasteiger partial charge in [-0.15, -0.1) is 0 Å². The van der Waals surface area contributed by atoms with E-state index >= 15 is 0 Å². The van der Waals surface area contributed by atoms with E-state index in [0.29, 0.717) is 52.5 Å². The number of amides is 1. The molecule has 9 nitrogen and oxygen atoms in total. The lowest BCUT2D eigenvalue weighted by Crippen LogP contribution is -2.70. The van der Waals surface area contributed by atoms with Gasteiger partial charge in [-0.25, -0.2) is 4.79 Å². The van der Waals surface area contributed by atoms with Crippen molar-refractivity contribution < 1.29 is 19.0 Å². The fraction of sp³-hybridized carbons (Fsp3) is 0.667.